The third-order valence-electron chi connectivity index (χ3n) is 2.69. The first-order valence-electron chi connectivity index (χ1n) is 5.40. The van der Waals surface area contributed by atoms with Crippen LogP contribution >= 0.6 is 0 Å². The van der Waals surface area contributed by atoms with Gasteiger partial charge in [0.05, 0.1) is 17.8 Å². The molecule has 1 N–H and O–H groups in total. The average molecular weight is 247 g/mol. The monoisotopic (exact) mass is 247 g/mol. The van der Waals surface area contributed by atoms with Crippen LogP contribution in [0.15, 0.2) is 29.3 Å². The molecule has 2 aromatic rings. The molecule has 0 saturated carbocycles. The van der Waals surface area contributed by atoms with E-state index in [1.54, 1.807) is 11.7 Å². The van der Waals surface area contributed by atoms with Gasteiger partial charge in [0.1, 0.15) is 0 Å². The van der Waals surface area contributed by atoms with E-state index in [0.29, 0.717) is 6.54 Å². The molecule has 6 heteroatoms. The molecule has 0 amide bonds. The van der Waals surface area contributed by atoms with Gasteiger partial charge in [0.15, 0.2) is 0 Å². The zero-order chi connectivity index (χ0) is 13.3. The molecule has 18 heavy (non-hydrogen) atoms. The Morgan fingerprint density at radius 3 is 2.67 bits per heavy atom. The minimum atomic E-state index is -1.05. The highest BCUT2D eigenvalue weighted by Gasteiger charge is 2.08. The molecule has 0 radical (unpaired) electrons. The molecule has 0 unspecified atom stereocenters. The molecule has 0 aromatic carbocycles. The average Bonchev–Trinajstić information content (AvgIpc) is 2.60. The Labute approximate surface area is 103 Å². The van der Waals surface area contributed by atoms with Gasteiger partial charge in [-0.2, -0.15) is 5.10 Å². The van der Waals surface area contributed by atoms with Crippen LogP contribution in [-0.2, 0) is 13.6 Å². The maximum Gasteiger partial charge on any atom is 0.337 e. The number of aromatic nitrogens is 3. The summed E-state index contributed by atoms with van der Waals surface area (Å²) in [6.07, 6.45) is 3.16. The van der Waals surface area contributed by atoms with Crippen molar-refractivity contribution < 1.29 is 9.90 Å². The van der Waals surface area contributed by atoms with Gasteiger partial charge in [-0.3, -0.25) is 9.48 Å². The quantitative estimate of drug-likeness (QED) is 0.863. The molecule has 0 atom stereocenters. The first-order chi connectivity index (χ1) is 8.47. The van der Waals surface area contributed by atoms with Gasteiger partial charge in [-0.1, -0.05) is 0 Å². The van der Waals surface area contributed by atoms with Crippen LogP contribution in [0.3, 0.4) is 0 Å². The number of aryl methyl sites for hydroxylation is 2. The summed E-state index contributed by atoms with van der Waals surface area (Å²) in [4.78, 5) is 22.5. The standard InChI is InChI=1S/C12H13N3O3/c1-8-10(5-14(2)13-8)7-15-6-9(12(17)18)3-4-11(15)16/h3-6H,7H2,1-2H3,(H,17,18). The van der Waals surface area contributed by atoms with Gasteiger partial charge < -0.3 is 9.67 Å². The van der Waals surface area contributed by atoms with Gasteiger partial charge in [-0.15, -0.1) is 0 Å². The van der Waals surface area contributed by atoms with E-state index < -0.39 is 5.97 Å². The van der Waals surface area contributed by atoms with Crippen molar-refractivity contribution in [2.75, 3.05) is 0 Å². The Balaban J connectivity index is 2.39. The van der Waals surface area contributed by atoms with Gasteiger partial charge in [0, 0.05) is 31.1 Å². The number of aromatic carboxylic acids is 1. The van der Waals surface area contributed by atoms with E-state index in [1.165, 1.54) is 22.9 Å². The van der Waals surface area contributed by atoms with Crippen LogP contribution in [0.2, 0.25) is 0 Å². The van der Waals surface area contributed by atoms with Gasteiger partial charge in [0.2, 0.25) is 0 Å². The fraction of sp³-hybridized carbons (Fsp3) is 0.250. The van der Waals surface area contributed by atoms with Crippen LogP contribution in [0.1, 0.15) is 21.6 Å². The number of pyridine rings is 1. The third kappa shape index (κ3) is 2.32. The molecule has 2 aromatic heterocycles. The fourth-order valence-corrected chi connectivity index (χ4v) is 1.77. The Morgan fingerprint density at radius 2 is 2.11 bits per heavy atom. The minimum Gasteiger partial charge on any atom is -0.478 e. The fourth-order valence-electron chi connectivity index (χ4n) is 1.77. The molecule has 0 bridgehead atoms. The SMILES string of the molecule is Cc1nn(C)cc1Cn1cc(C(=O)O)ccc1=O. The third-order valence-corrected chi connectivity index (χ3v) is 2.69. The summed E-state index contributed by atoms with van der Waals surface area (Å²) in [6.45, 7) is 2.17. The van der Waals surface area contributed by atoms with Crippen molar-refractivity contribution in [2.24, 2.45) is 7.05 Å². The van der Waals surface area contributed by atoms with Crippen LogP contribution < -0.4 is 5.56 Å². The molecular weight excluding hydrogens is 234 g/mol. The Hall–Kier alpha value is -2.37. The molecule has 0 aliphatic heterocycles. The lowest BCUT2D eigenvalue weighted by Gasteiger charge is -2.05. The molecule has 2 rings (SSSR count). The zero-order valence-corrected chi connectivity index (χ0v) is 10.1. The van der Waals surface area contributed by atoms with Crippen molar-refractivity contribution in [1.82, 2.24) is 14.3 Å². The van der Waals surface area contributed by atoms with Crippen LogP contribution in [0.4, 0.5) is 0 Å². The molecule has 0 aliphatic rings. The van der Waals surface area contributed by atoms with E-state index >= 15 is 0 Å². The van der Waals surface area contributed by atoms with Crippen molar-refractivity contribution >= 4 is 5.97 Å². The lowest BCUT2D eigenvalue weighted by Crippen LogP contribution is -2.20. The highest BCUT2D eigenvalue weighted by atomic mass is 16.4. The maximum absolute atomic E-state index is 11.7. The number of nitrogens with zero attached hydrogens (tertiary/aromatic N) is 3. The van der Waals surface area contributed by atoms with Gasteiger partial charge in [0.25, 0.3) is 5.56 Å². The van der Waals surface area contributed by atoms with Gasteiger partial charge >= 0.3 is 5.97 Å². The summed E-state index contributed by atoms with van der Waals surface area (Å²) >= 11 is 0. The lowest BCUT2D eigenvalue weighted by atomic mass is 10.2. The number of carboxylic acid groups (broad SMARTS) is 1. The molecular formula is C12H13N3O3. The van der Waals surface area contributed by atoms with E-state index in [0.717, 1.165) is 11.3 Å². The summed E-state index contributed by atoms with van der Waals surface area (Å²) in [5.74, 6) is -1.05. The van der Waals surface area contributed by atoms with Crippen LogP contribution in [-0.4, -0.2) is 25.4 Å². The lowest BCUT2D eigenvalue weighted by molar-refractivity contribution is 0.0696. The number of hydrogen-bond acceptors (Lipinski definition) is 3. The van der Waals surface area contributed by atoms with E-state index in [-0.39, 0.29) is 11.1 Å². The summed E-state index contributed by atoms with van der Waals surface area (Å²) in [7, 11) is 1.80. The molecule has 6 nitrogen and oxygen atoms in total. The second-order valence-corrected chi connectivity index (χ2v) is 4.10. The topological polar surface area (TPSA) is 77.1 Å². The highest BCUT2D eigenvalue weighted by molar-refractivity contribution is 5.87. The Morgan fingerprint density at radius 1 is 1.39 bits per heavy atom. The van der Waals surface area contributed by atoms with E-state index in [2.05, 4.69) is 5.10 Å². The normalized spacial score (nSPS) is 10.6. The van der Waals surface area contributed by atoms with Crippen molar-refractivity contribution in [3.8, 4) is 0 Å². The van der Waals surface area contributed by atoms with Gasteiger partial charge in [-0.05, 0) is 13.0 Å². The summed E-state index contributed by atoms with van der Waals surface area (Å²) in [6, 6.07) is 2.56. The number of carbonyl (C=O) groups is 1. The number of rotatable bonds is 3. The van der Waals surface area contributed by atoms with E-state index in [1.807, 2.05) is 13.1 Å². The van der Waals surface area contributed by atoms with Crippen molar-refractivity contribution in [3.63, 3.8) is 0 Å². The summed E-state index contributed by atoms with van der Waals surface area (Å²) in [5, 5.41) is 13.1. The van der Waals surface area contributed by atoms with E-state index in [9.17, 15) is 9.59 Å². The molecule has 94 valence electrons. The zero-order valence-electron chi connectivity index (χ0n) is 10.1. The Bertz CT molecular complexity index is 655. The van der Waals surface area contributed by atoms with Crippen molar-refractivity contribution in [2.45, 2.75) is 13.5 Å². The smallest absolute Gasteiger partial charge is 0.337 e. The van der Waals surface area contributed by atoms with Gasteiger partial charge in [-0.25, -0.2) is 4.79 Å². The Kier molecular flexibility index (Phi) is 3.01. The van der Waals surface area contributed by atoms with Crippen LogP contribution in [0.5, 0.6) is 0 Å². The van der Waals surface area contributed by atoms with Crippen LogP contribution in [0.25, 0.3) is 0 Å². The first kappa shape index (κ1) is 12.1. The molecule has 0 fully saturated rings. The summed E-state index contributed by atoms with van der Waals surface area (Å²) in [5.41, 5.74) is 1.58. The predicted molar refractivity (Wildman–Crippen MR) is 64.7 cm³/mol. The second-order valence-electron chi connectivity index (χ2n) is 4.10. The minimum absolute atomic E-state index is 0.0937. The van der Waals surface area contributed by atoms with E-state index in [4.69, 9.17) is 5.11 Å². The van der Waals surface area contributed by atoms with Crippen molar-refractivity contribution in [3.05, 3.63) is 51.7 Å². The number of hydrogen-bond donors (Lipinski definition) is 1. The molecule has 0 aliphatic carbocycles. The number of carboxylic acids is 1. The molecule has 0 saturated heterocycles. The molecule has 2 heterocycles. The van der Waals surface area contributed by atoms with Crippen LogP contribution in [0, 0.1) is 6.92 Å². The predicted octanol–water partition coefficient (Wildman–Crippen LogP) is 0.637. The summed E-state index contributed by atoms with van der Waals surface area (Å²) < 4.78 is 3.03. The largest absolute Gasteiger partial charge is 0.478 e. The van der Waals surface area contributed by atoms with Crippen molar-refractivity contribution in [1.29, 1.82) is 0 Å². The second kappa shape index (κ2) is 4.48. The highest BCUT2D eigenvalue weighted by Crippen LogP contribution is 2.06. The molecule has 0 spiro atoms. The maximum atomic E-state index is 11.7. The first-order valence-corrected chi connectivity index (χ1v) is 5.40.